The molecule has 4 rings (SSSR count). The minimum Gasteiger partial charge on any atom is -0.393 e. The molecule has 0 saturated carbocycles. The Balaban J connectivity index is 1.41. The Bertz CT molecular complexity index is 1150. The maximum absolute atomic E-state index is 12.7. The third-order valence-corrected chi connectivity index (χ3v) is 5.63. The highest BCUT2D eigenvalue weighted by Crippen LogP contribution is 2.23. The third-order valence-electron chi connectivity index (χ3n) is 4.88. The Morgan fingerprint density at radius 3 is 2.72 bits per heavy atom. The number of rotatable bonds is 4. The highest BCUT2D eigenvalue weighted by atomic mass is 32.1. The van der Waals surface area contributed by atoms with Crippen molar-refractivity contribution in [2.45, 2.75) is 6.54 Å². The summed E-state index contributed by atoms with van der Waals surface area (Å²) in [6.45, 7) is 2.73. The second kappa shape index (κ2) is 7.60. The van der Waals surface area contributed by atoms with Gasteiger partial charge in [0, 0.05) is 62.0 Å². The zero-order valence-electron chi connectivity index (χ0n) is 15.4. The quantitative estimate of drug-likeness (QED) is 0.386. The van der Waals surface area contributed by atoms with Gasteiger partial charge in [0.1, 0.15) is 5.69 Å². The molecule has 2 N–H and O–H groups in total. The highest BCUT2D eigenvalue weighted by Gasteiger charge is 2.24. The first-order valence-electron chi connectivity index (χ1n) is 8.94. The van der Waals surface area contributed by atoms with Gasteiger partial charge in [-0.3, -0.25) is 29.0 Å². The minimum atomic E-state index is -0.593. The lowest BCUT2D eigenvalue weighted by Gasteiger charge is -2.34. The Morgan fingerprint density at radius 1 is 1.24 bits per heavy atom. The first-order valence-corrected chi connectivity index (χ1v) is 9.81. The number of carbonyl (C=O) groups is 1. The molecule has 0 unspecified atom stereocenters. The summed E-state index contributed by atoms with van der Waals surface area (Å²) in [5, 5.41) is 12.9. The van der Waals surface area contributed by atoms with Gasteiger partial charge in [-0.15, -0.1) is 11.3 Å². The Kier molecular flexibility index (Phi) is 4.99. The number of nitrogen functional groups attached to an aromatic ring is 1. The largest absolute Gasteiger partial charge is 0.393 e. The van der Waals surface area contributed by atoms with Crippen LogP contribution in [-0.2, 0) is 6.54 Å². The number of carbonyl (C=O) groups excluding carboxylic acids is 1. The van der Waals surface area contributed by atoms with Gasteiger partial charge in [0.15, 0.2) is 4.96 Å². The van der Waals surface area contributed by atoms with Gasteiger partial charge in [-0.1, -0.05) is 0 Å². The van der Waals surface area contributed by atoms with Crippen LogP contribution >= 0.6 is 11.3 Å². The lowest BCUT2D eigenvalue weighted by atomic mass is 10.1. The van der Waals surface area contributed by atoms with Gasteiger partial charge in [0.05, 0.1) is 10.6 Å². The molecular formula is C18H18N6O4S. The van der Waals surface area contributed by atoms with E-state index in [9.17, 15) is 19.7 Å². The predicted octanol–water partition coefficient (Wildman–Crippen LogP) is 1.20. The van der Waals surface area contributed by atoms with E-state index in [1.54, 1.807) is 11.1 Å². The van der Waals surface area contributed by atoms with Crippen LogP contribution in [0.5, 0.6) is 0 Å². The number of hydrogen-bond acceptors (Lipinski definition) is 8. The van der Waals surface area contributed by atoms with E-state index in [2.05, 4.69) is 9.88 Å². The fourth-order valence-electron chi connectivity index (χ4n) is 3.32. The van der Waals surface area contributed by atoms with Gasteiger partial charge in [-0.25, -0.2) is 4.98 Å². The second-order valence-corrected chi connectivity index (χ2v) is 7.61. The SMILES string of the molecule is Nc1ccc(C(=O)N2CCN(Cc3cc(=O)n4ccsc4n3)CC2)cc1[N+](=O)[O-]. The second-order valence-electron chi connectivity index (χ2n) is 6.74. The number of piperazine rings is 1. The summed E-state index contributed by atoms with van der Waals surface area (Å²) >= 11 is 1.41. The molecule has 3 aromatic rings. The molecule has 1 saturated heterocycles. The molecule has 10 nitrogen and oxygen atoms in total. The number of anilines is 1. The van der Waals surface area contributed by atoms with Crippen molar-refractivity contribution < 1.29 is 9.72 Å². The van der Waals surface area contributed by atoms with Gasteiger partial charge in [0.25, 0.3) is 17.2 Å². The van der Waals surface area contributed by atoms with Gasteiger partial charge in [0.2, 0.25) is 0 Å². The monoisotopic (exact) mass is 414 g/mol. The van der Waals surface area contributed by atoms with Gasteiger partial charge >= 0.3 is 0 Å². The summed E-state index contributed by atoms with van der Waals surface area (Å²) in [7, 11) is 0. The van der Waals surface area contributed by atoms with E-state index in [0.29, 0.717) is 43.4 Å². The van der Waals surface area contributed by atoms with Gasteiger partial charge < -0.3 is 10.6 Å². The Morgan fingerprint density at radius 2 is 2.00 bits per heavy atom. The van der Waals surface area contributed by atoms with Crippen LogP contribution in [0.15, 0.2) is 40.6 Å². The average molecular weight is 414 g/mol. The van der Waals surface area contributed by atoms with Crippen molar-refractivity contribution in [1.82, 2.24) is 19.2 Å². The maximum Gasteiger partial charge on any atom is 0.292 e. The molecule has 0 bridgehead atoms. The van der Waals surface area contributed by atoms with Crippen LogP contribution in [0.1, 0.15) is 16.1 Å². The molecule has 1 fully saturated rings. The lowest BCUT2D eigenvalue weighted by Crippen LogP contribution is -2.48. The van der Waals surface area contributed by atoms with E-state index >= 15 is 0 Å². The van der Waals surface area contributed by atoms with Crippen molar-refractivity contribution in [2.24, 2.45) is 0 Å². The number of nitrogens with zero attached hydrogens (tertiary/aromatic N) is 5. The van der Waals surface area contributed by atoms with E-state index < -0.39 is 4.92 Å². The zero-order chi connectivity index (χ0) is 20.5. The molecule has 11 heteroatoms. The molecule has 1 aliphatic rings. The fraction of sp³-hybridized carbons (Fsp3) is 0.278. The van der Waals surface area contributed by atoms with E-state index in [4.69, 9.17) is 5.73 Å². The summed E-state index contributed by atoms with van der Waals surface area (Å²) in [5.41, 5.74) is 6.20. The smallest absolute Gasteiger partial charge is 0.292 e. The van der Waals surface area contributed by atoms with Crippen LogP contribution in [0.2, 0.25) is 0 Å². The predicted molar refractivity (Wildman–Crippen MR) is 108 cm³/mol. The molecule has 0 atom stereocenters. The van der Waals surface area contributed by atoms with Crippen LogP contribution in [-0.4, -0.2) is 56.2 Å². The van der Waals surface area contributed by atoms with Gasteiger partial charge in [-0.05, 0) is 12.1 Å². The van der Waals surface area contributed by atoms with Crippen molar-refractivity contribution in [1.29, 1.82) is 0 Å². The van der Waals surface area contributed by atoms with E-state index in [1.807, 2.05) is 5.38 Å². The van der Waals surface area contributed by atoms with Gasteiger partial charge in [-0.2, -0.15) is 0 Å². The first-order chi connectivity index (χ1) is 13.9. The van der Waals surface area contributed by atoms with E-state index in [1.165, 1.54) is 40.0 Å². The van der Waals surface area contributed by atoms with Crippen LogP contribution in [0.3, 0.4) is 0 Å². The molecule has 1 aliphatic heterocycles. The van der Waals surface area contributed by atoms with Crippen molar-refractivity contribution in [3.63, 3.8) is 0 Å². The molecule has 29 heavy (non-hydrogen) atoms. The number of thiazole rings is 1. The number of amides is 1. The molecule has 1 aromatic carbocycles. The summed E-state index contributed by atoms with van der Waals surface area (Å²) in [5.74, 6) is -0.260. The summed E-state index contributed by atoms with van der Waals surface area (Å²) in [6, 6.07) is 5.64. The number of nitrogens with two attached hydrogens (primary N) is 1. The van der Waals surface area contributed by atoms with Crippen LogP contribution in [0.25, 0.3) is 4.96 Å². The summed E-state index contributed by atoms with van der Waals surface area (Å²) < 4.78 is 1.51. The lowest BCUT2D eigenvalue weighted by molar-refractivity contribution is -0.383. The number of aromatic nitrogens is 2. The van der Waals surface area contributed by atoms with E-state index in [0.717, 1.165) is 0 Å². The molecule has 0 aliphatic carbocycles. The number of fused-ring (bicyclic) bond motifs is 1. The van der Waals surface area contributed by atoms with Crippen LogP contribution in [0, 0.1) is 10.1 Å². The summed E-state index contributed by atoms with van der Waals surface area (Å²) in [6.07, 6.45) is 1.70. The van der Waals surface area contributed by atoms with Crippen molar-refractivity contribution in [3.05, 3.63) is 67.6 Å². The molecule has 0 spiro atoms. The molecular weight excluding hydrogens is 396 g/mol. The molecule has 1 amide bonds. The number of benzene rings is 1. The number of nitro groups is 1. The standard InChI is InChI=1S/C18H18N6O4S/c19-14-2-1-12(9-15(14)24(27)28)17(26)22-5-3-21(4-6-22)11-13-10-16(25)23-7-8-29-18(23)20-13/h1-2,7-10H,3-6,11,19H2. The number of hydrogen-bond donors (Lipinski definition) is 1. The van der Waals surface area contributed by atoms with Crippen molar-refractivity contribution >= 4 is 33.6 Å². The van der Waals surface area contributed by atoms with Crippen molar-refractivity contribution in [3.8, 4) is 0 Å². The molecule has 0 radical (unpaired) electrons. The Labute approximate surface area is 168 Å². The van der Waals surface area contributed by atoms with Crippen LogP contribution in [0.4, 0.5) is 11.4 Å². The van der Waals surface area contributed by atoms with Crippen LogP contribution < -0.4 is 11.3 Å². The average Bonchev–Trinajstić information content (AvgIpc) is 3.17. The minimum absolute atomic E-state index is 0.0301. The van der Waals surface area contributed by atoms with E-state index in [-0.39, 0.29) is 28.4 Å². The topological polar surface area (TPSA) is 127 Å². The fourth-order valence-corrected chi connectivity index (χ4v) is 4.06. The Hall–Kier alpha value is -3.31. The third kappa shape index (κ3) is 3.82. The molecule has 2 aromatic heterocycles. The highest BCUT2D eigenvalue weighted by molar-refractivity contribution is 7.15. The van der Waals surface area contributed by atoms with Crippen molar-refractivity contribution in [2.75, 3.05) is 31.9 Å². The number of nitro benzene ring substituents is 1. The zero-order valence-corrected chi connectivity index (χ0v) is 16.2. The molecule has 150 valence electrons. The maximum atomic E-state index is 12.7. The molecule has 3 heterocycles. The normalized spacial score (nSPS) is 15.0. The summed E-state index contributed by atoms with van der Waals surface area (Å²) in [4.78, 5) is 44.2. The first kappa shape index (κ1) is 19.0.